The van der Waals surface area contributed by atoms with Gasteiger partial charge in [0, 0.05) is 16.7 Å². The van der Waals surface area contributed by atoms with Crippen LogP contribution in [0.1, 0.15) is 60.1 Å². The van der Waals surface area contributed by atoms with E-state index in [-0.39, 0.29) is 6.79 Å². The summed E-state index contributed by atoms with van der Waals surface area (Å²) in [5, 5.41) is 10.8. The van der Waals surface area contributed by atoms with Gasteiger partial charge in [-0.05, 0) is 60.6 Å². The van der Waals surface area contributed by atoms with Gasteiger partial charge < -0.3 is 33.5 Å². The van der Waals surface area contributed by atoms with Crippen molar-refractivity contribution in [1.82, 2.24) is 0 Å². The summed E-state index contributed by atoms with van der Waals surface area (Å²) in [6.07, 6.45) is -0.252. The lowest BCUT2D eigenvalue weighted by molar-refractivity contribution is -0.192. The van der Waals surface area contributed by atoms with E-state index in [1.54, 1.807) is 52.0 Å². The first-order valence-electron chi connectivity index (χ1n) is 11.5. The van der Waals surface area contributed by atoms with E-state index in [0.717, 1.165) is 0 Å². The molecule has 0 amide bonds. The highest BCUT2D eigenvalue weighted by Gasteiger charge is 2.43. The van der Waals surface area contributed by atoms with Gasteiger partial charge in [-0.3, -0.25) is 0 Å². The van der Waals surface area contributed by atoms with Crippen molar-refractivity contribution in [2.24, 2.45) is 0 Å². The number of rotatable bonds is 10. The van der Waals surface area contributed by atoms with Crippen molar-refractivity contribution in [2.45, 2.75) is 72.4 Å². The van der Waals surface area contributed by atoms with Crippen molar-refractivity contribution in [1.29, 1.82) is 0 Å². The molecule has 0 saturated carbocycles. The third-order valence-corrected chi connectivity index (χ3v) is 5.96. The van der Waals surface area contributed by atoms with E-state index in [9.17, 15) is 19.5 Å². The first-order chi connectivity index (χ1) is 16.9. The van der Waals surface area contributed by atoms with E-state index in [2.05, 4.69) is 0 Å². The molecule has 1 heterocycles. The largest absolute Gasteiger partial charge is 0.493 e. The minimum absolute atomic E-state index is 0.00596. The zero-order chi connectivity index (χ0) is 27.2. The van der Waals surface area contributed by atoms with E-state index >= 15 is 0 Å². The second-order valence-corrected chi connectivity index (χ2v) is 8.53. The molecule has 0 bridgehead atoms. The van der Waals surface area contributed by atoms with Crippen LogP contribution in [0, 0.1) is 0 Å². The summed E-state index contributed by atoms with van der Waals surface area (Å²) in [5.41, 5.74) is -1.10. The number of benzene rings is 1. The number of aliphatic hydroxyl groups is 1. The Kier molecular flexibility index (Phi) is 9.52. The predicted octanol–water partition coefficient (Wildman–Crippen LogP) is 3.56. The Hall–Kier alpha value is -3.53. The van der Waals surface area contributed by atoms with Crippen LogP contribution >= 0.6 is 0 Å². The number of hydrogen-bond donors (Lipinski definition) is 1. The van der Waals surface area contributed by atoms with Gasteiger partial charge in [-0.2, -0.15) is 0 Å². The summed E-state index contributed by atoms with van der Waals surface area (Å²) in [5.74, 6) is -1.25. The fourth-order valence-electron chi connectivity index (χ4n) is 3.08. The second-order valence-electron chi connectivity index (χ2n) is 8.53. The summed E-state index contributed by atoms with van der Waals surface area (Å²) >= 11 is 0. The second kappa shape index (κ2) is 11.9. The normalized spacial score (nSPS) is 17.4. The molecule has 1 N–H and O–H groups in total. The lowest BCUT2D eigenvalue weighted by atomic mass is 9.99. The Morgan fingerprint density at radius 2 is 1.58 bits per heavy atom. The molecule has 1 aromatic rings. The van der Waals surface area contributed by atoms with Crippen LogP contribution in [0.5, 0.6) is 17.2 Å². The van der Waals surface area contributed by atoms with E-state index in [0.29, 0.717) is 34.0 Å². The van der Waals surface area contributed by atoms with Crippen LogP contribution in [0.4, 0.5) is 0 Å². The number of carbonyl (C=O) groups is 3. The van der Waals surface area contributed by atoms with Crippen LogP contribution in [0.15, 0.2) is 35.4 Å². The van der Waals surface area contributed by atoms with E-state index in [1.165, 1.54) is 27.9 Å². The molecule has 10 nitrogen and oxygen atoms in total. The SMILES string of the molecule is C/C=C(\C)C(=O)OC(c1cc(OC)c2c(c1)OCO2)C(C)OC(=O)C(C)(O)C(C)OC(=O)/C(C)=C/C. The highest BCUT2D eigenvalue weighted by molar-refractivity contribution is 5.89. The van der Waals surface area contributed by atoms with Crippen molar-refractivity contribution in [3.63, 3.8) is 0 Å². The molecule has 1 aliphatic heterocycles. The van der Waals surface area contributed by atoms with E-state index in [1.807, 2.05) is 0 Å². The van der Waals surface area contributed by atoms with E-state index in [4.69, 9.17) is 28.4 Å². The molecule has 0 radical (unpaired) electrons. The van der Waals surface area contributed by atoms with Gasteiger partial charge >= 0.3 is 17.9 Å². The zero-order valence-electron chi connectivity index (χ0n) is 21.9. The van der Waals surface area contributed by atoms with Crippen LogP contribution in [0.25, 0.3) is 0 Å². The quantitative estimate of drug-likeness (QED) is 0.286. The Morgan fingerprint density at radius 3 is 2.14 bits per heavy atom. The monoisotopic (exact) mass is 506 g/mol. The van der Waals surface area contributed by atoms with Crippen molar-refractivity contribution in [3.8, 4) is 17.2 Å². The van der Waals surface area contributed by atoms with Gasteiger partial charge in [-0.1, -0.05) is 12.2 Å². The fourth-order valence-corrected chi connectivity index (χ4v) is 3.08. The molecule has 0 aromatic heterocycles. The Labute approximate surface area is 210 Å². The number of allylic oxidation sites excluding steroid dienone is 2. The van der Waals surface area contributed by atoms with Gasteiger partial charge in [-0.15, -0.1) is 0 Å². The number of esters is 3. The van der Waals surface area contributed by atoms with Crippen LogP contribution in [0.2, 0.25) is 0 Å². The summed E-state index contributed by atoms with van der Waals surface area (Å²) in [7, 11) is 1.45. The van der Waals surface area contributed by atoms with Gasteiger partial charge in [0.2, 0.25) is 12.5 Å². The maximum atomic E-state index is 13.0. The van der Waals surface area contributed by atoms with Crippen molar-refractivity contribution in [3.05, 3.63) is 41.0 Å². The molecule has 4 unspecified atom stereocenters. The van der Waals surface area contributed by atoms with Crippen molar-refractivity contribution in [2.75, 3.05) is 13.9 Å². The third kappa shape index (κ3) is 6.37. The van der Waals surface area contributed by atoms with Crippen LogP contribution < -0.4 is 14.2 Å². The first-order valence-corrected chi connectivity index (χ1v) is 11.5. The smallest absolute Gasteiger partial charge is 0.342 e. The fraction of sp³-hybridized carbons (Fsp3) is 0.500. The number of fused-ring (bicyclic) bond motifs is 1. The molecule has 36 heavy (non-hydrogen) atoms. The topological polar surface area (TPSA) is 127 Å². The molecule has 0 fully saturated rings. The lowest BCUT2D eigenvalue weighted by Gasteiger charge is -2.31. The molecule has 0 saturated heterocycles. The van der Waals surface area contributed by atoms with Gasteiger partial charge in [0.15, 0.2) is 23.2 Å². The number of methoxy groups -OCH3 is 1. The number of carbonyl (C=O) groups excluding carboxylic acids is 3. The lowest BCUT2D eigenvalue weighted by Crippen LogP contribution is -2.49. The Bertz CT molecular complexity index is 1050. The highest BCUT2D eigenvalue weighted by Crippen LogP contribution is 2.44. The van der Waals surface area contributed by atoms with Crippen LogP contribution in [-0.4, -0.2) is 54.7 Å². The molecule has 2 rings (SSSR count). The van der Waals surface area contributed by atoms with Gasteiger partial charge in [0.1, 0.15) is 12.2 Å². The molecular weight excluding hydrogens is 472 g/mol. The maximum absolute atomic E-state index is 13.0. The highest BCUT2D eigenvalue weighted by atomic mass is 16.7. The van der Waals surface area contributed by atoms with E-state index < -0.39 is 41.8 Å². The Balaban J connectivity index is 2.34. The summed E-state index contributed by atoms with van der Waals surface area (Å²) in [6, 6.07) is 3.18. The first kappa shape index (κ1) is 28.7. The molecule has 4 atom stereocenters. The molecule has 1 aromatic carbocycles. The standard InChI is InChI=1S/C26H34O10/c1-9-14(3)23(27)35-17(6)26(7,30)25(29)34-16(5)21(36-24(28)15(4)10-2)18-11-19(31-8)22-20(12-18)32-13-33-22/h9-12,16-17,21,30H,13H2,1-8H3/b14-9+,15-10+. The van der Waals surface area contributed by atoms with Crippen molar-refractivity contribution >= 4 is 17.9 Å². The van der Waals surface area contributed by atoms with Crippen LogP contribution in [0.3, 0.4) is 0 Å². The number of ether oxygens (including phenoxy) is 6. The molecule has 0 spiro atoms. The minimum Gasteiger partial charge on any atom is -0.493 e. The Morgan fingerprint density at radius 1 is 1.00 bits per heavy atom. The average Bonchev–Trinajstić information content (AvgIpc) is 3.33. The number of hydrogen-bond acceptors (Lipinski definition) is 10. The van der Waals surface area contributed by atoms with Gasteiger partial charge in [-0.25, -0.2) is 14.4 Å². The average molecular weight is 507 g/mol. The zero-order valence-corrected chi connectivity index (χ0v) is 21.9. The van der Waals surface area contributed by atoms with Gasteiger partial charge in [0.25, 0.3) is 0 Å². The minimum atomic E-state index is -2.18. The predicted molar refractivity (Wildman–Crippen MR) is 129 cm³/mol. The maximum Gasteiger partial charge on any atom is 0.342 e. The summed E-state index contributed by atoms with van der Waals surface area (Å²) in [6.45, 7) is 10.6. The summed E-state index contributed by atoms with van der Waals surface area (Å²) < 4.78 is 32.7. The molecular formula is C26H34O10. The molecule has 198 valence electrons. The van der Waals surface area contributed by atoms with Crippen LogP contribution in [-0.2, 0) is 28.6 Å². The summed E-state index contributed by atoms with van der Waals surface area (Å²) in [4.78, 5) is 37.7. The molecule has 1 aliphatic rings. The third-order valence-electron chi connectivity index (χ3n) is 5.96. The molecule has 10 heteroatoms. The van der Waals surface area contributed by atoms with Crippen molar-refractivity contribution < 1.29 is 47.9 Å². The van der Waals surface area contributed by atoms with Gasteiger partial charge in [0.05, 0.1) is 7.11 Å². The molecule has 0 aliphatic carbocycles.